The van der Waals surface area contributed by atoms with Crippen molar-refractivity contribution in [2.24, 2.45) is 0 Å². The minimum atomic E-state index is -0.295. The predicted molar refractivity (Wildman–Crippen MR) is 117 cm³/mol. The molecule has 1 aromatic heterocycles. The van der Waals surface area contributed by atoms with Gasteiger partial charge in [0.2, 0.25) is 5.82 Å². The van der Waals surface area contributed by atoms with Gasteiger partial charge in [-0.05, 0) is 43.3 Å². The SMILES string of the molecule is COc1ccccc1NC(=O)COc1cccc(-c2noc(-c3cccc(C)c3)n2)c1. The topological polar surface area (TPSA) is 86.5 Å². The van der Waals surface area contributed by atoms with Gasteiger partial charge in [-0.25, -0.2) is 0 Å². The normalized spacial score (nSPS) is 10.5. The number of ether oxygens (including phenoxy) is 2. The summed E-state index contributed by atoms with van der Waals surface area (Å²) in [7, 11) is 1.55. The molecule has 4 aromatic rings. The molecule has 0 aliphatic heterocycles. The number of anilines is 1. The molecule has 0 unspecified atom stereocenters. The van der Waals surface area contributed by atoms with Gasteiger partial charge in [0.1, 0.15) is 11.5 Å². The van der Waals surface area contributed by atoms with E-state index in [0.29, 0.717) is 28.9 Å². The Kier molecular flexibility index (Phi) is 5.93. The molecule has 7 nitrogen and oxygen atoms in total. The molecule has 1 heterocycles. The van der Waals surface area contributed by atoms with Crippen molar-refractivity contribution in [3.05, 3.63) is 78.4 Å². The minimum absolute atomic E-state index is 0.151. The average Bonchev–Trinajstić information content (AvgIpc) is 3.29. The van der Waals surface area contributed by atoms with Crippen LogP contribution in [0.2, 0.25) is 0 Å². The quantitative estimate of drug-likeness (QED) is 0.469. The number of nitrogens with one attached hydrogen (secondary N) is 1. The zero-order valence-electron chi connectivity index (χ0n) is 17.2. The molecule has 1 N–H and O–H groups in total. The zero-order valence-corrected chi connectivity index (χ0v) is 17.2. The van der Waals surface area contributed by atoms with Crippen LogP contribution in [0.25, 0.3) is 22.8 Å². The lowest BCUT2D eigenvalue weighted by Crippen LogP contribution is -2.20. The number of rotatable bonds is 7. The third-order valence-corrected chi connectivity index (χ3v) is 4.53. The maximum Gasteiger partial charge on any atom is 0.262 e. The fourth-order valence-electron chi connectivity index (χ4n) is 3.04. The molecule has 4 rings (SSSR count). The Morgan fingerprint density at radius 2 is 1.81 bits per heavy atom. The van der Waals surface area contributed by atoms with Crippen molar-refractivity contribution in [3.8, 4) is 34.3 Å². The van der Waals surface area contributed by atoms with Crippen LogP contribution >= 0.6 is 0 Å². The molecular weight excluding hydrogens is 394 g/mol. The summed E-state index contributed by atoms with van der Waals surface area (Å²) >= 11 is 0. The van der Waals surface area contributed by atoms with Crippen LogP contribution in [0.15, 0.2) is 77.3 Å². The van der Waals surface area contributed by atoms with Crippen LogP contribution in [0.4, 0.5) is 5.69 Å². The van der Waals surface area contributed by atoms with Gasteiger partial charge in [0.25, 0.3) is 11.8 Å². The maximum absolute atomic E-state index is 12.3. The van der Waals surface area contributed by atoms with Crippen molar-refractivity contribution < 1.29 is 18.8 Å². The van der Waals surface area contributed by atoms with Gasteiger partial charge in [0.05, 0.1) is 12.8 Å². The molecule has 0 saturated carbocycles. The van der Waals surface area contributed by atoms with Crippen LogP contribution in [-0.2, 0) is 4.79 Å². The highest BCUT2D eigenvalue weighted by Crippen LogP contribution is 2.26. The fourth-order valence-corrected chi connectivity index (χ4v) is 3.04. The zero-order chi connectivity index (χ0) is 21.6. The summed E-state index contributed by atoms with van der Waals surface area (Å²) in [5.41, 5.74) is 3.28. The fraction of sp³-hybridized carbons (Fsp3) is 0.125. The summed E-state index contributed by atoms with van der Waals surface area (Å²) in [6, 6.07) is 22.2. The third kappa shape index (κ3) is 4.90. The Balaban J connectivity index is 1.42. The number of aromatic nitrogens is 2. The van der Waals surface area contributed by atoms with Gasteiger partial charge in [-0.2, -0.15) is 4.98 Å². The Hall–Kier alpha value is -4.13. The second-order valence-corrected chi connectivity index (χ2v) is 6.86. The first-order valence-electron chi connectivity index (χ1n) is 9.69. The summed E-state index contributed by atoms with van der Waals surface area (Å²) in [5.74, 6) is 1.70. The second kappa shape index (κ2) is 9.13. The molecule has 0 aliphatic rings. The lowest BCUT2D eigenvalue weighted by molar-refractivity contribution is -0.118. The Labute approximate surface area is 179 Å². The van der Waals surface area contributed by atoms with Crippen molar-refractivity contribution >= 4 is 11.6 Å². The van der Waals surface area contributed by atoms with Crippen molar-refractivity contribution in [3.63, 3.8) is 0 Å². The van der Waals surface area contributed by atoms with Gasteiger partial charge in [0.15, 0.2) is 6.61 Å². The number of carbonyl (C=O) groups excluding carboxylic acids is 1. The van der Waals surface area contributed by atoms with Crippen LogP contribution in [0, 0.1) is 6.92 Å². The summed E-state index contributed by atoms with van der Waals surface area (Å²) in [5, 5.41) is 6.84. The molecule has 0 radical (unpaired) electrons. The van der Waals surface area contributed by atoms with Crippen LogP contribution in [0.5, 0.6) is 11.5 Å². The van der Waals surface area contributed by atoms with Crippen molar-refractivity contribution in [1.82, 2.24) is 10.1 Å². The lowest BCUT2D eigenvalue weighted by Gasteiger charge is -2.10. The van der Waals surface area contributed by atoms with E-state index in [-0.39, 0.29) is 12.5 Å². The number of methoxy groups -OCH3 is 1. The Morgan fingerprint density at radius 1 is 1.00 bits per heavy atom. The number of benzene rings is 3. The molecule has 0 bridgehead atoms. The minimum Gasteiger partial charge on any atom is -0.495 e. The van der Waals surface area contributed by atoms with Crippen LogP contribution in [0.3, 0.4) is 0 Å². The lowest BCUT2D eigenvalue weighted by atomic mass is 10.1. The largest absolute Gasteiger partial charge is 0.495 e. The van der Waals surface area contributed by atoms with E-state index < -0.39 is 0 Å². The van der Waals surface area contributed by atoms with Gasteiger partial charge in [0, 0.05) is 11.1 Å². The monoisotopic (exact) mass is 415 g/mol. The Bertz CT molecular complexity index is 1200. The molecule has 0 aliphatic carbocycles. The first-order valence-corrected chi connectivity index (χ1v) is 9.69. The van der Waals surface area contributed by atoms with Crippen molar-refractivity contribution in [2.45, 2.75) is 6.92 Å². The predicted octanol–water partition coefficient (Wildman–Crippen LogP) is 4.74. The molecule has 0 spiro atoms. The number of aryl methyl sites for hydroxylation is 1. The van der Waals surface area contributed by atoms with Gasteiger partial charge in [-0.15, -0.1) is 0 Å². The van der Waals surface area contributed by atoms with E-state index >= 15 is 0 Å². The molecule has 3 aromatic carbocycles. The number of carbonyl (C=O) groups is 1. The number of hydrogen-bond donors (Lipinski definition) is 1. The van der Waals surface area contributed by atoms with E-state index in [1.807, 2.05) is 55.5 Å². The summed E-state index contributed by atoms with van der Waals surface area (Å²) < 4.78 is 16.3. The van der Waals surface area contributed by atoms with Crippen LogP contribution in [0.1, 0.15) is 5.56 Å². The maximum atomic E-state index is 12.3. The Morgan fingerprint density at radius 3 is 2.65 bits per heavy atom. The highest BCUT2D eigenvalue weighted by Gasteiger charge is 2.12. The van der Waals surface area contributed by atoms with Gasteiger partial charge >= 0.3 is 0 Å². The number of para-hydroxylation sites is 2. The molecule has 31 heavy (non-hydrogen) atoms. The van der Waals surface area contributed by atoms with E-state index in [2.05, 4.69) is 15.5 Å². The van der Waals surface area contributed by atoms with Crippen LogP contribution < -0.4 is 14.8 Å². The summed E-state index contributed by atoms with van der Waals surface area (Å²) in [6.07, 6.45) is 0. The third-order valence-electron chi connectivity index (χ3n) is 4.53. The smallest absolute Gasteiger partial charge is 0.262 e. The van der Waals surface area contributed by atoms with Crippen molar-refractivity contribution in [2.75, 3.05) is 19.0 Å². The molecular formula is C24H21N3O4. The number of amides is 1. The van der Waals surface area contributed by atoms with Gasteiger partial charge in [-0.1, -0.05) is 47.1 Å². The van der Waals surface area contributed by atoms with Crippen molar-refractivity contribution in [1.29, 1.82) is 0 Å². The molecule has 0 saturated heterocycles. The molecule has 156 valence electrons. The number of hydrogen-bond acceptors (Lipinski definition) is 6. The number of nitrogens with zero attached hydrogens (tertiary/aromatic N) is 2. The van der Waals surface area contributed by atoms with Gasteiger partial charge in [-0.3, -0.25) is 4.79 Å². The summed E-state index contributed by atoms with van der Waals surface area (Å²) in [6.45, 7) is 1.86. The van der Waals surface area contributed by atoms with E-state index in [1.54, 1.807) is 31.4 Å². The molecule has 1 amide bonds. The van der Waals surface area contributed by atoms with Gasteiger partial charge < -0.3 is 19.3 Å². The molecule has 7 heteroatoms. The van der Waals surface area contributed by atoms with E-state index in [1.165, 1.54) is 0 Å². The first-order chi connectivity index (χ1) is 15.1. The first kappa shape index (κ1) is 20.2. The highest BCUT2D eigenvalue weighted by molar-refractivity contribution is 5.93. The average molecular weight is 415 g/mol. The highest BCUT2D eigenvalue weighted by atomic mass is 16.5. The van der Waals surface area contributed by atoms with E-state index in [4.69, 9.17) is 14.0 Å². The van der Waals surface area contributed by atoms with E-state index in [9.17, 15) is 4.79 Å². The molecule has 0 fully saturated rings. The molecule has 0 atom stereocenters. The summed E-state index contributed by atoms with van der Waals surface area (Å²) in [4.78, 5) is 16.7. The van der Waals surface area contributed by atoms with E-state index in [0.717, 1.165) is 16.7 Å². The van der Waals surface area contributed by atoms with Crippen LogP contribution in [-0.4, -0.2) is 29.8 Å². The standard InChI is InChI=1S/C24H21N3O4/c1-16-7-5-9-18(13-16)24-26-23(27-31-24)17-8-6-10-19(14-17)30-15-22(28)25-20-11-3-4-12-21(20)29-2/h3-14H,15H2,1-2H3,(H,25,28). The second-order valence-electron chi connectivity index (χ2n) is 6.86.